The number of H-pyrrole nitrogens is 1. The van der Waals surface area contributed by atoms with Crippen LogP contribution in [0.15, 0.2) is 24.3 Å². The molecule has 1 aromatic carbocycles. The highest BCUT2D eigenvalue weighted by atomic mass is 14.9. The summed E-state index contributed by atoms with van der Waals surface area (Å²) in [6.45, 7) is 3.96. The van der Waals surface area contributed by atoms with Crippen molar-refractivity contribution in [1.82, 2.24) is 15.0 Å². The van der Waals surface area contributed by atoms with E-state index in [2.05, 4.69) is 21.0 Å². The molecule has 2 heterocycles. The number of fused-ring (bicyclic) bond motifs is 3. The molecule has 0 atom stereocenters. The van der Waals surface area contributed by atoms with Gasteiger partial charge in [-0.05, 0) is 19.9 Å². The summed E-state index contributed by atoms with van der Waals surface area (Å²) in [6.07, 6.45) is 0. The Balaban J connectivity index is 2.63. The van der Waals surface area contributed by atoms with Gasteiger partial charge >= 0.3 is 0 Å². The fraction of sp³-hybridized carbons (Fsp3) is 0.167. The van der Waals surface area contributed by atoms with Gasteiger partial charge in [0.2, 0.25) is 0 Å². The maximum Gasteiger partial charge on any atom is 0.110 e. The lowest BCUT2D eigenvalue weighted by atomic mass is 10.1. The molecule has 0 spiro atoms. The van der Waals surface area contributed by atoms with Crippen molar-refractivity contribution in [2.24, 2.45) is 0 Å². The number of nitrogens with one attached hydrogen (secondary N) is 1. The fourth-order valence-corrected chi connectivity index (χ4v) is 1.96. The Bertz CT molecular complexity index is 652. The SMILES string of the molecule is Cc1nc2c(C)nc3ccccc3c2[nH]1. The molecule has 0 saturated carbocycles. The van der Waals surface area contributed by atoms with E-state index in [1.54, 1.807) is 0 Å². The lowest BCUT2D eigenvalue weighted by Crippen LogP contribution is -1.86. The van der Waals surface area contributed by atoms with Gasteiger partial charge in [-0.15, -0.1) is 0 Å². The first-order chi connectivity index (χ1) is 7.25. The van der Waals surface area contributed by atoms with Gasteiger partial charge in [0.15, 0.2) is 0 Å². The smallest absolute Gasteiger partial charge is 0.110 e. The average molecular weight is 197 g/mol. The molecule has 2 aromatic heterocycles. The third-order valence-corrected chi connectivity index (χ3v) is 2.63. The van der Waals surface area contributed by atoms with E-state index in [4.69, 9.17) is 0 Å². The lowest BCUT2D eigenvalue weighted by molar-refractivity contribution is 1.16. The van der Waals surface area contributed by atoms with E-state index in [9.17, 15) is 0 Å². The van der Waals surface area contributed by atoms with Crippen LogP contribution in [-0.4, -0.2) is 15.0 Å². The van der Waals surface area contributed by atoms with Crippen molar-refractivity contribution in [3.8, 4) is 0 Å². The Morgan fingerprint density at radius 2 is 1.87 bits per heavy atom. The number of nitrogens with zero attached hydrogens (tertiary/aromatic N) is 2. The highest BCUT2D eigenvalue weighted by Gasteiger charge is 2.08. The first-order valence-corrected chi connectivity index (χ1v) is 4.97. The molecule has 0 aliphatic carbocycles. The van der Waals surface area contributed by atoms with Gasteiger partial charge in [0.25, 0.3) is 0 Å². The number of rotatable bonds is 0. The van der Waals surface area contributed by atoms with Crippen LogP contribution in [0, 0.1) is 13.8 Å². The van der Waals surface area contributed by atoms with Gasteiger partial charge in [-0.3, -0.25) is 4.98 Å². The lowest BCUT2D eigenvalue weighted by Gasteiger charge is -2.00. The predicted molar refractivity (Wildman–Crippen MR) is 60.9 cm³/mol. The third kappa shape index (κ3) is 1.13. The second-order valence-corrected chi connectivity index (χ2v) is 3.76. The van der Waals surface area contributed by atoms with Crippen LogP contribution in [0.3, 0.4) is 0 Å². The van der Waals surface area contributed by atoms with Crippen molar-refractivity contribution in [3.63, 3.8) is 0 Å². The molecule has 3 aromatic rings. The summed E-state index contributed by atoms with van der Waals surface area (Å²) in [6, 6.07) is 8.12. The molecule has 3 nitrogen and oxygen atoms in total. The van der Waals surface area contributed by atoms with Crippen molar-refractivity contribution in [3.05, 3.63) is 35.8 Å². The van der Waals surface area contributed by atoms with Gasteiger partial charge in [0.1, 0.15) is 11.3 Å². The van der Waals surface area contributed by atoms with Gasteiger partial charge in [0.05, 0.1) is 16.7 Å². The van der Waals surface area contributed by atoms with E-state index in [1.807, 2.05) is 32.0 Å². The molecule has 0 saturated heterocycles. The monoisotopic (exact) mass is 197 g/mol. The van der Waals surface area contributed by atoms with Gasteiger partial charge in [-0.1, -0.05) is 18.2 Å². The second-order valence-electron chi connectivity index (χ2n) is 3.76. The van der Waals surface area contributed by atoms with Crippen molar-refractivity contribution in [1.29, 1.82) is 0 Å². The van der Waals surface area contributed by atoms with E-state index in [1.165, 1.54) is 0 Å². The minimum absolute atomic E-state index is 0.936. The molecule has 0 amide bonds. The minimum atomic E-state index is 0.936. The van der Waals surface area contributed by atoms with Crippen LogP contribution in [0.5, 0.6) is 0 Å². The highest BCUT2D eigenvalue weighted by Crippen LogP contribution is 2.23. The number of hydrogen-bond acceptors (Lipinski definition) is 2. The van der Waals surface area contributed by atoms with Gasteiger partial charge in [-0.25, -0.2) is 4.98 Å². The van der Waals surface area contributed by atoms with Crippen molar-refractivity contribution >= 4 is 21.9 Å². The molecule has 0 fully saturated rings. The number of aryl methyl sites for hydroxylation is 2. The maximum absolute atomic E-state index is 4.53. The Hall–Kier alpha value is -1.90. The van der Waals surface area contributed by atoms with Gasteiger partial charge < -0.3 is 4.98 Å². The molecule has 1 N–H and O–H groups in total. The number of imidazole rings is 1. The first-order valence-electron chi connectivity index (χ1n) is 4.97. The summed E-state index contributed by atoms with van der Waals surface area (Å²) < 4.78 is 0. The molecule has 74 valence electrons. The fourth-order valence-electron chi connectivity index (χ4n) is 1.96. The molecule has 0 aliphatic rings. The Morgan fingerprint density at radius 1 is 1.07 bits per heavy atom. The Morgan fingerprint density at radius 3 is 2.73 bits per heavy atom. The highest BCUT2D eigenvalue weighted by molar-refractivity contribution is 6.02. The van der Waals surface area contributed by atoms with E-state index in [0.29, 0.717) is 0 Å². The normalized spacial score (nSPS) is 11.3. The van der Waals surface area contributed by atoms with Crippen LogP contribution in [0.1, 0.15) is 11.5 Å². The van der Waals surface area contributed by atoms with Crippen LogP contribution < -0.4 is 0 Å². The molecule has 0 radical (unpaired) electrons. The Kier molecular flexibility index (Phi) is 1.57. The maximum atomic E-state index is 4.53. The topological polar surface area (TPSA) is 41.6 Å². The summed E-state index contributed by atoms with van der Waals surface area (Å²) in [4.78, 5) is 12.3. The number of benzene rings is 1. The van der Waals surface area contributed by atoms with Crippen LogP contribution in [0.25, 0.3) is 21.9 Å². The summed E-state index contributed by atoms with van der Waals surface area (Å²) in [5.74, 6) is 0.936. The van der Waals surface area contributed by atoms with E-state index in [0.717, 1.165) is 33.5 Å². The van der Waals surface area contributed by atoms with Gasteiger partial charge in [0, 0.05) is 5.39 Å². The van der Waals surface area contributed by atoms with Crippen molar-refractivity contribution in [2.75, 3.05) is 0 Å². The van der Waals surface area contributed by atoms with Crippen LogP contribution >= 0.6 is 0 Å². The average Bonchev–Trinajstić information content (AvgIpc) is 2.61. The van der Waals surface area contributed by atoms with Gasteiger partial charge in [-0.2, -0.15) is 0 Å². The quantitative estimate of drug-likeness (QED) is 0.602. The predicted octanol–water partition coefficient (Wildman–Crippen LogP) is 2.73. The first kappa shape index (κ1) is 8.41. The molecule has 3 rings (SSSR count). The molecule has 0 unspecified atom stereocenters. The number of aromatic amines is 1. The number of pyridine rings is 1. The number of aromatic nitrogens is 3. The molecule has 15 heavy (non-hydrogen) atoms. The number of para-hydroxylation sites is 1. The van der Waals surface area contributed by atoms with Crippen LogP contribution in [0.2, 0.25) is 0 Å². The summed E-state index contributed by atoms with van der Waals surface area (Å²) >= 11 is 0. The molecule has 3 heteroatoms. The van der Waals surface area contributed by atoms with E-state index >= 15 is 0 Å². The molecule has 0 bridgehead atoms. The van der Waals surface area contributed by atoms with Crippen molar-refractivity contribution in [2.45, 2.75) is 13.8 Å². The summed E-state index contributed by atoms with van der Waals surface area (Å²) in [5, 5.41) is 1.14. The largest absolute Gasteiger partial charge is 0.342 e. The van der Waals surface area contributed by atoms with Crippen LogP contribution in [-0.2, 0) is 0 Å². The molecular formula is C12H11N3. The minimum Gasteiger partial charge on any atom is -0.342 e. The molecular weight excluding hydrogens is 186 g/mol. The Labute approximate surface area is 87.2 Å². The molecule has 0 aliphatic heterocycles. The van der Waals surface area contributed by atoms with Crippen molar-refractivity contribution < 1.29 is 0 Å². The van der Waals surface area contributed by atoms with Crippen LogP contribution in [0.4, 0.5) is 0 Å². The zero-order valence-corrected chi connectivity index (χ0v) is 8.70. The summed E-state index contributed by atoms with van der Waals surface area (Å²) in [7, 11) is 0. The van der Waals surface area contributed by atoms with E-state index in [-0.39, 0.29) is 0 Å². The second kappa shape index (κ2) is 2.79. The third-order valence-electron chi connectivity index (χ3n) is 2.63. The summed E-state index contributed by atoms with van der Waals surface area (Å²) in [5.41, 5.74) is 4.07. The van der Waals surface area contributed by atoms with E-state index < -0.39 is 0 Å². The number of hydrogen-bond donors (Lipinski definition) is 1. The zero-order valence-electron chi connectivity index (χ0n) is 8.70. The zero-order chi connectivity index (χ0) is 10.4. The standard InChI is InChI=1S/C12H11N3/c1-7-11-12(15-8(2)14-11)9-5-3-4-6-10(9)13-7/h3-6H,1-2H3,(H,14,15).